The molecule has 1 aliphatic rings. The van der Waals surface area contributed by atoms with E-state index in [4.69, 9.17) is 14.5 Å². The molecule has 1 aromatic heterocycles. The van der Waals surface area contributed by atoms with Gasteiger partial charge in [-0.1, -0.05) is 29.5 Å². The van der Waals surface area contributed by atoms with Crippen molar-refractivity contribution < 1.29 is 24.5 Å². The smallest absolute Gasteiger partial charge is 0.338 e. The van der Waals surface area contributed by atoms with E-state index in [-0.39, 0.29) is 35.0 Å². The topological polar surface area (TPSA) is 110 Å². The average Bonchev–Trinajstić information content (AvgIpc) is 3.09. The number of benzene rings is 2. The second-order valence-corrected chi connectivity index (χ2v) is 8.32. The molecule has 0 amide bonds. The van der Waals surface area contributed by atoms with Crippen LogP contribution < -0.4 is 19.6 Å². The van der Waals surface area contributed by atoms with Crippen LogP contribution in [0.5, 0.6) is 17.2 Å². The Morgan fingerprint density at radius 3 is 2.73 bits per heavy atom. The van der Waals surface area contributed by atoms with Gasteiger partial charge in [0.1, 0.15) is 11.8 Å². The Balaban J connectivity index is 1.96. The maximum absolute atomic E-state index is 13.2. The predicted molar refractivity (Wildman–Crippen MR) is 124 cm³/mol. The van der Waals surface area contributed by atoms with E-state index < -0.39 is 12.0 Å². The number of carbonyl (C=O) groups excluding carboxylic acids is 1. The molecule has 2 aromatic carbocycles. The third-order valence-corrected chi connectivity index (χ3v) is 6.21. The number of nitrogens with zero attached hydrogens (tertiary/aromatic N) is 2. The van der Waals surface area contributed by atoms with Crippen LogP contribution in [0.1, 0.15) is 31.0 Å². The van der Waals surface area contributed by atoms with E-state index in [0.29, 0.717) is 26.2 Å². The molecule has 3 aromatic rings. The van der Waals surface area contributed by atoms with Crippen molar-refractivity contribution in [2.45, 2.75) is 19.9 Å². The molecular formula is C24H22N2O6S. The van der Waals surface area contributed by atoms with Crippen LogP contribution in [0.2, 0.25) is 0 Å². The number of carbonyl (C=O) groups is 1. The minimum atomic E-state index is -0.745. The first-order valence-corrected chi connectivity index (χ1v) is 11.0. The van der Waals surface area contributed by atoms with Crippen LogP contribution >= 0.6 is 11.3 Å². The molecule has 0 bridgehead atoms. The molecule has 0 spiro atoms. The van der Waals surface area contributed by atoms with Gasteiger partial charge in [-0.15, -0.1) is 0 Å². The minimum Gasteiger partial charge on any atom is -0.508 e. The van der Waals surface area contributed by atoms with Gasteiger partial charge in [-0.05, 0) is 55.3 Å². The van der Waals surface area contributed by atoms with E-state index in [1.165, 1.54) is 29.1 Å². The maximum Gasteiger partial charge on any atom is 0.338 e. The molecule has 0 saturated heterocycles. The molecule has 8 nitrogen and oxygen atoms in total. The molecule has 9 heteroatoms. The Hall–Kier alpha value is -3.85. The van der Waals surface area contributed by atoms with Crippen LogP contribution in [0.4, 0.5) is 0 Å². The summed E-state index contributed by atoms with van der Waals surface area (Å²) in [6, 6.07) is 10.6. The summed E-state index contributed by atoms with van der Waals surface area (Å²) in [6.45, 7) is 3.56. The first-order chi connectivity index (χ1) is 15.8. The number of esters is 1. The van der Waals surface area contributed by atoms with Crippen LogP contribution in [0.15, 0.2) is 57.8 Å². The van der Waals surface area contributed by atoms with Crippen LogP contribution in [0, 0.1) is 0 Å². The molecule has 0 radical (unpaired) electrons. The summed E-state index contributed by atoms with van der Waals surface area (Å²) in [7, 11) is 1.44. The molecule has 1 atom stereocenters. The Bertz CT molecular complexity index is 1450. The van der Waals surface area contributed by atoms with E-state index in [1.54, 1.807) is 56.3 Å². The summed E-state index contributed by atoms with van der Waals surface area (Å²) in [5.74, 6) is -0.267. The van der Waals surface area contributed by atoms with E-state index >= 15 is 0 Å². The fraction of sp³-hybridized carbons (Fsp3) is 0.208. The van der Waals surface area contributed by atoms with Gasteiger partial charge < -0.3 is 19.7 Å². The van der Waals surface area contributed by atoms with E-state index in [2.05, 4.69) is 0 Å². The van der Waals surface area contributed by atoms with E-state index in [1.807, 2.05) is 0 Å². The zero-order valence-electron chi connectivity index (χ0n) is 18.2. The number of fused-ring (bicyclic) bond motifs is 1. The molecule has 1 unspecified atom stereocenters. The Labute approximate surface area is 193 Å². The first kappa shape index (κ1) is 22.3. The van der Waals surface area contributed by atoms with Crippen molar-refractivity contribution in [3.63, 3.8) is 0 Å². The van der Waals surface area contributed by atoms with Crippen LogP contribution in [-0.4, -0.2) is 34.5 Å². The van der Waals surface area contributed by atoms with Crippen molar-refractivity contribution in [1.29, 1.82) is 0 Å². The standard InChI is InChI=1S/C24H22N2O6S/c1-4-32-23(30)20-13(2)26-22(29)19(11-14-6-5-7-16(27)10-14)33-24(26)25-21(20)15-8-9-17(28)18(12-15)31-3/h5-12,21,27-28H,4H2,1-3H3/b19-11+. The summed E-state index contributed by atoms with van der Waals surface area (Å²) in [5.41, 5.74) is 1.62. The molecule has 2 heterocycles. The van der Waals surface area contributed by atoms with Crippen molar-refractivity contribution in [1.82, 2.24) is 4.57 Å². The zero-order valence-corrected chi connectivity index (χ0v) is 19.0. The number of phenols is 2. The van der Waals surface area contributed by atoms with Gasteiger partial charge in [-0.25, -0.2) is 9.79 Å². The van der Waals surface area contributed by atoms with Crippen LogP contribution in [-0.2, 0) is 9.53 Å². The number of ether oxygens (including phenoxy) is 2. The Morgan fingerprint density at radius 2 is 2.03 bits per heavy atom. The molecule has 0 fully saturated rings. The van der Waals surface area contributed by atoms with Gasteiger partial charge in [-0.3, -0.25) is 9.36 Å². The lowest BCUT2D eigenvalue weighted by Crippen LogP contribution is -2.35. The molecule has 4 rings (SSSR count). The predicted octanol–water partition coefficient (Wildman–Crippen LogP) is 2.33. The summed E-state index contributed by atoms with van der Waals surface area (Å²) in [5, 5.41) is 19.7. The number of phenolic OH excluding ortho intramolecular Hbond substituents is 2. The molecule has 2 N–H and O–H groups in total. The lowest BCUT2D eigenvalue weighted by molar-refractivity contribution is -0.138. The van der Waals surface area contributed by atoms with Gasteiger partial charge in [0.05, 0.1) is 23.8 Å². The quantitative estimate of drug-likeness (QED) is 0.559. The average molecular weight is 467 g/mol. The highest BCUT2D eigenvalue weighted by atomic mass is 32.1. The number of aromatic hydroxyl groups is 2. The monoisotopic (exact) mass is 466 g/mol. The Morgan fingerprint density at radius 1 is 1.24 bits per heavy atom. The second-order valence-electron chi connectivity index (χ2n) is 7.31. The third kappa shape index (κ3) is 4.14. The summed E-state index contributed by atoms with van der Waals surface area (Å²) < 4.78 is 12.3. The largest absolute Gasteiger partial charge is 0.508 e. The van der Waals surface area contributed by atoms with E-state index in [9.17, 15) is 19.8 Å². The van der Waals surface area contributed by atoms with Gasteiger partial charge in [0.2, 0.25) is 0 Å². The maximum atomic E-state index is 13.2. The fourth-order valence-corrected chi connectivity index (χ4v) is 4.73. The highest BCUT2D eigenvalue weighted by Crippen LogP contribution is 2.36. The highest BCUT2D eigenvalue weighted by Gasteiger charge is 2.31. The normalized spacial score (nSPS) is 15.7. The van der Waals surface area contributed by atoms with E-state index in [0.717, 1.165) is 0 Å². The minimum absolute atomic E-state index is 0.0357. The molecule has 33 heavy (non-hydrogen) atoms. The Kier molecular flexibility index (Phi) is 6.06. The van der Waals surface area contributed by atoms with Crippen molar-refractivity contribution >= 4 is 29.1 Å². The third-order valence-electron chi connectivity index (χ3n) is 5.23. The van der Waals surface area contributed by atoms with Gasteiger partial charge in [0.25, 0.3) is 5.56 Å². The summed E-state index contributed by atoms with van der Waals surface area (Å²) >= 11 is 1.18. The molecule has 170 valence electrons. The number of aromatic nitrogens is 1. The van der Waals surface area contributed by atoms with Gasteiger partial charge in [0, 0.05) is 5.70 Å². The number of hydrogen-bond donors (Lipinski definition) is 2. The lowest BCUT2D eigenvalue weighted by Gasteiger charge is -2.22. The number of thiazole rings is 1. The van der Waals surface area contributed by atoms with Gasteiger partial charge >= 0.3 is 5.97 Å². The summed E-state index contributed by atoms with van der Waals surface area (Å²) in [4.78, 5) is 31.2. The zero-order chi connectivity index (χ0) is 23.7. The number of methoxy groups -OCH3 is 1. The summed E-state index contributed by atoms with van der Waals surface area (Å²) in [6.07, 6.45) is 1.67. The van der Waals surface area contributed by atoms with Crippen LogP contribution in [0.3, 0.4) is 0 Å². The highest BCUT2D eigenvalue weighted by molar-refractivity contribution is 7.07. The molecule has 1 aliphatic heterocycles. The van der Waals surface area contributed by atoms with Gasteiger partial charge in [0.15, 0.2) is 16.3 Å². The van der Waals surface area contributed by atoms with Crippen molar-refractivity contribution in [3.8, 4) is 17.2 Å². The van der Waals surface area contributed by atoms with Crippen molar-refractivity contribution in [2.24, 2.45) is 4.99 Å². The van der Waals surface area contributed by atoms with Crippen LogP contribution in [0.25, 0.3) is 11.8 Å². The lowest BCUT2D eigenvalue weighted by atomic mass is 9.96. The number of allylic oxidation sites excluding steroid dienone is 1. The first-order valence-electron chi connectivity index (χ1n) is 10.2. The molecule has 0 aliphatic carbocycles. The number of hydrogen-bond acceptors (Lipinski definition) is 8. The second kappa shape index (κ2) is 8.95. The molecule has 0 saturated carbocycles. The SMILES string of the molecule is CCOC(=O)C1=C(C)n2c(s/c(=C/c3cccc(O)c3)c2=O)=NC1c1ccc(O)c(OC)c1. The van der Waals surface area contributed by atoms with Crippen molar-refractivity contribution in [2.75, 3.05) is 13.7 Å². The fourth-order valence-electron chi connectivity index (χ4n) is 3.69. The van der Waals surface area contributed by atoms with Gasteiger partial charge in [-0.2, -0.15) is 0 Å². The van der Waals surface area contributed by atoms with Crippen molar-refractivity contribution in [3.05, 3.63) is 78.9 Å². The molecular weight excluding hydrogens is 444 g/mol. The number of rotatable bonds is 5.